The van der Waals surface area contributed by atoms with E-state index in [1.165, 1.54) is 0 Å². The van der Waals surface area contributed by atoms with Crippen molar-refractivity contribution >= 4 is 18.3 Å². The summed E-state index contributed by atoms with van der Waals surface area (Å²) in [5.41, 5.74) is 0. The largest absolute Gasteiger partial charge is 0.467 e. The summed E-state index contributed by atoms with van der Waals surface area (Å²) >= 11 is 0. The lowest BCUT2D eigenvalue weighted by Crippen LogP contribution is -2.32. The fourth-order valence-corrected chi connectivity index (χ4v) is 2.02. The Bertz CT molecular complexity index is 321. The first-order chi connectivity index (χ1) is 7.84. The van der Waals surface area contributed by atoms with Gasteiger partial charge in [-0.1, -0.05) is 0 Å². The summed E-state index contributed by atoms with van der Waals surface area (Å²) in [6.07, 6.45) is 4.47. The molecule has 2 N–H and O–H groups in total. The van der Waals surface area contributed by atoms with Gasteiger partial charge in [-0.05, 0) is 44.0 Å². The molecule has 0 unspecified atom stereocenters. The molecule has 0 saturated carbocycles. The molecule has 0 radical (unpaired) electrons. The Kier molecular flexibility index (Phi) is 6.08. The molecule has 4 nitrogen and oxygen atoms in total. The summed E-state index contributed by atoms with van der Waals surface area (Å²) in [4.78, 5) is 11.6. The van der Waals surface area contributed by atoms with E-state index in [9.17, 15) is 4.79 Å². The molecule has 17 heavy (non-hydrogen) atoms. The van der Waals surface area contributed by atoms with Gasteiger partial charge in [-0.2, -0.15) is 0 Å². The Labute approximate surface area is 108 Å². The maximum atomic E-state index is 11.6. The minimum Gasteiger partial charge on any atom is -0.467 e. The highest BCUT2D eigenvalue weighted by Crippen LogP contribution is 2.15. The van der Waals surface area contributed by atoms with Crippen LogP contribution in [0.5, 0.6) is 0 Å². The zero-order valence-corrected chi connectivity index (χ0v) is 10.6. The fraction of sp³-hybridized carbons (Fsp3) is 0.583. The average Bonchev–Trinajstić information content (AvgIpc) is 2.81. The second kappa shape index (κ2) is 7.35. The Morgan fingerprint density at radius 2 is 2.24 bits per heavy atom. The number of amides is 1. The van der Waals surface area contributed by atoms with Crippen molar-refractivity contribution in [3.63, 3.8) is 0 Å². The molecular formula is C12H19ClN2O2. The minimum atomic E-state index is 0. The summed E-state index contributed by atoms with van der Waals surface area (Å²) in [6, 6.07) is 3.69. The van der Waals surface area contributed by atoms with Crippen LogP contribution in [0.3, 0.4) is 0 Å². The highest BCUT2D eigenvalue weighted by Gasteiger charge is 2.16. The summed E-state index contributed by atoms with van der Waals surface area (Å²) in [5.74, 6) is 1.47. The van der Waals surface area contributed by atoms with Crippen LogP contribution in [0.25, 0.3) is 0 Å². The zero-order valence-electron chi connectivity index (χ0n) is 9.78. The van der Waals surface area contributed by atoms with Crippen molar-refractivity contribution in [3.8, 4) is 0 Å². The third kappa shape index (κ3) is 4.79. The van der Waals surface area contributed by atoms with E-state index in [1.54, 1.807) is 6.26 Å². The van der Waals surface area contributed by atoms with E-state index in [2.05, 4.69) is 10.6 Å². The zero-order chi connectivity index (χ0) is 11.2. The molecule has 2 heterocycles. The van der Waals surface area contributed by atoms with E-state index in [0.717, 1.165) is 31.7 Å². The van der Waals surface area contributed by atoms with Crippen LogP contribution < -0.4 is 10.6 Å². The van der Waals surface area contributed by atoms with Gasteiger partial charge >= 0.3 is 0 Å². The number of rotatable bonds is 4. The van der Waals surface area contributed by atoms with E-state index in [1.807, 2.05) is 12.1 Å². The van der Waals surface area contributed by atoms with Crippen molar-refractivity contribution in [2.24, 2.45) is 5.92 Å². The van der Waals surface area contributed by atoms with E-state index in [-0.39, 0.29) is 18.3 Å². The van der Waals surface area contributed by atoms with Crippen LogP contribution in [0, 0.1) is 5.92 Å². The molecule has 0 aliphatic carbocycles. The molecule has 1 fully saturated rings. The van der Waals surface area contributed by atoms with E-state index in [0.29, 0.717) is 18.9 Å². The topological polar surface area (TPSA) is 54.3 Å². The molecular weight excluding hydrogens is 240 g/mol. The predicted octanol–water partition coefficient (Wildman–Crippen LogP) is 1.71. The molecule has 1 aliphatic heterocycles. The number of hydrogen-bond acceptors (Lipinski definition) is 3. The minimum absolute atomic E-state index is 0. The summed E-state index contributed by atoms with van der Waals surface area (Å²) in [5, 5.41) is 6.17. The lowest BCUT2D eigenvalue weighted by Gasteiger charge is -2.21. The number of nitrogens with one attached hydrogen (secondary N) is 2. The fourth-order valence-electron chi connectivity index (χ4n) is 2.02. The second-order valence-corrected chi connectivity index (χ2v) is 4.25. The first-order valence-corrected chi connectivity index (χ1v) is 5.84. The lowest BCUT2D eigenvalue weighted by molar-refractivity contribution is -0.122. The average molecular weight is 259 g/mol. The molecule has 0 atom stereocenters. The number of hydrogen-bond donors (Lipinski definition) is 2. The van der Waals surface area contributed by atoms with Crippen molar-refractivity contribution in [2.75, 3.05) is 13.1 Å². The number of furan rings is 1. The molecule has 0 bridgehead atoms. The summed E-state index contributed by atoms with van der Waals surface area (Å²) in [6.45, 7) is 2.57. The van der Waals surface area contributed by atoms with Gasteiger partial charge < -0.3 is 15.1 Å². The van der Waals surface area contributed by atoms with Gasteiger partial charge in [0.1, 0.15) is 5.76 Å². The van der Waals surface area contributed by atoms with Gasteiger partial charge in [0.2, 0.25) is 5.91 Å². The Balaban J connectivity index is 0.00000144. The number of halogens is 1. The first-order valence-electron chi connectivity index (χ1n) is 5.84. The molecule has 0 aromatic carbocycles. The van der Waals surface area contributed by atoms with Gasteiger partial charge in [0.25, 0.3) is 0 Å². The van der Waals surface area contributed by atoms with Crippen molar-refractivity contribution in [1.82, 2.24) is 10.6 Å². The number of carbonyl (C=O) groups is 1. The van der Waals surface area contributed by atoms with Crippen LogP contribution in [0.4, 0.5) is 0 Å². The van der Waals surface area contributed by atoms with Crippen molar-refractivity contribution in [1.29, 1.82) is 0 Å². The van der Waals surface area contributed by atoms with Crippen LogP contribution in [-0.4, -0.2) is 19.0 Å². The van der Waals surface area contributed by atoms with Crippen molar-refractivity contribution in [3.05, 3.63) is 24.2 Å². The molecule has 1 aromatic rings. The smallest absolute Gasteiger partial charge is 0.220 e. The second-order valence-electron chi connectivity index (χ2n) is 4.25. The molecule has 2 rings (SSSR count). The SMILES string of the molecule is Cl.O=C(CC1CCNCC1)NCc1ccco1. The Hall–Kier alpha value is -1.00. The predicted molar refractivity (Wildman–Crippen MR) is 68.0 cm³/mol. The van der Waals surface area contributed by atoms with Gasteiger partial charge in [0, 0.05) is 6.42 Å². The Morgan fingerprint density at radius 3 is 2.88 bits per heavy atom. The normalized spacial score (nSPS) is 16.2. The first kappa shape index (κ1) is 14.1. The van der Waals surface area contributed by atoms with Gasteiger partial charge in [0.15, 0.2) is 0 Å². The molecule has 5 heteroatoms. The lowest BCUT2D eigenvalue weighted by atomic mass is 9.94. The number of piperidine rings is 1. The van der Waals surface area contributed by atoms with Crippen molar-refractivity contribution < 1.29 is 9.21 Å². The van der Waals surface area contributed by atoms with Crippen LogP contribution >= 0.6 is 12.4 Å². The van der Waals surface area contributed by atoms with E-state index < -0.39 is 0 Å². The molecule has 96 valence electrons. The van der Waals surface area contributed by atoms with Crippen LogP contribution in [-0.2, 0) is 11.3 Å². The third-order valence-electron chi connectivity index (χ3n) is 2.97. The Morgan fingerprint density at radius 1 is 1.47 bits per heavy atom. The quantitative estimate of drug-likeness (QED) is 0.865. The van der Waals surface area contributed by atoms with Crippen molar-refractivity contribution in [2.45, 2.75) is 25.8 Å². The standard InChI is InChI=1S/C12H18N2O2.ClH/c15-12(8-10-3-5-13-6-4-10)14-9-11-2-1-7-16-11;/h1-2,7,10,13H,3-6,8-9H2,(H,14,15);1H. The highest BCUT2D eigenvalue weighted by molar-refractivity contribution is 5.85. The van der Waals surface area contributed by atoms with E-state index in [4.69, 9.17) is 4.42 Å². The highest BCUT2D eigenvalue weighted by atomic mass is 35.5. The van der Waals surface area contributed by atoms with Gasteiger partial charge in [-0.25, -0.2) is 0 Å². The van der Waals surface area contributed by atoms with Gasteiger partial charge in [0.05, 0.1) is 12.8 Å². The molecule has 1 aliphatic rings. The molecule has 1 amide bonds. The van der Waals surface area contributed by atoms with Crippen LogP contribution in [0.2, 0.25) is 0 Å². The summed E-state index contributed by atoms with van der Waals surface area (Å²) < 4.78 is 5.15. The third-order valence-corrected chi connectivity index (χ3v) is 2.97. The number of carbonyl (C=O) groups excluding carboxylic acids is 1. The van der Waals surface area contributed by atoms with Crippen LogP contribution in [0.15, 0.2) is 22.8 Å². The summed E-state index contributed by atoms with van der Waals surface area (Å²) in [7, 11) is 0. The van der Waals surface area contributed by atoms with Gasteiger partial charge in [-0.15, -0.1) is 12.4 Å². The molecule has 1 aromatic heterocycles. The van der Waals surface area contributed by atoms with E-state index >= 15 is 0 Å². The molecule has 0 spiro atoms. The maximum absolute atomic E-state index is 11.6. The van der Waals surface area contributed by atoms with Gasteiger partial charge in [-0.3, -0.25) is 4.79 Å². The van der Waals surface area contributed by atoms with Crippen LogP contribution in [0.1, 0.15) is 25.0 Å². The molecule has 1 saturated heterocycles. The monoisotopic (exact) mass is 258 g/mol. The maximum Gasteiger partial charge on any atom is 0.220 e.